The number of hydrogen-bond acceptors (Lipinski definition) is 10. The Bertz CT molecular complexity index is 579. The molecule has 14 heteroatoms. The van der Waals surface area contributed by atoms with E-state index in [1.807, 2.05) is 0 Å². The predicted molar refractivity (Wildman–Crippen MR) is 112 cm³/mol. The van der Waals surface area contributed by atoms with Crippen molar-refractivity contribution in [1.82, 2.24) is 16.0 Å². The van der Waals surface area contributed by atoms with Gasteiger partial charge in [0.2, 0.25) is 17.7 Å². The second-order valence-electron chi connectivity index (χ2n) is 5.19. The summed E-state index contributed by atoms with van der Waals surface area (Å²) in [6.45, 7) is 0. The molecular weight excluding hydrogens is 436 g/mol. The summed E-state index contributed by atoms with van der Waals surface area (Å²) in [5, 5.41) is 15.6. The van der Waals surface area contributed by atoms with E-state index in [1.165, 1.54) is 0 Å². The highest BCUT2D eigenvalue weighted by atomic mass is 32.1. The normalized spacial score (nSPS) is 15.0. The quantitative estimate of drug-likeness (QED) is 0.112. The molecule has 0 aliphatic rings. The maximum atomic E-state index is 12.3. The van der Waals surface area contributed by atoms with Crippen molar-refractivity contribution in [3.05, 3.63) is 0 Å². The zero-order chi connectivity index (χ0) is 21.1. The van der Waals surface area contributed by atoms with Crippen molar-refractivity contribution >= 4 is 80.0 Å². The Labute approximate surface area is 177 Å². The first-order chi connectivity index (χ1) is 12.6. The van der Waals surface area contributed by atoms with E-state index in [1.54, 1.807) is 0 Å². The fourth-order valence-electron chi connectivity index (χ4n) is 1.64. The van der Waals surface area contributed by atoms with Gasteiger partial charge in [0.25, 0.3) is 5.78 Å². The number of aliphatic carboxylic acids is 1. The molecule has 154 valence electrons. The summed E-state index contributed by atoms with van der Waals surface area (Å²) < 4.78 is 0. The number of nitrogens with two attached hydrogens (primary N) is 1. The number of amides is 3. The van der Waals surface area contributed by atoms with Crippen LogP contribution in [-0.4, -0.2) is 81.8 Å². The minimum Gasteiger partial charge on any atom is -0.475 e. The molecule has 0 bridgehead atoms. The van der Waals surface area contributed by atoms with Crippen molar-refractivity contribution in [3.8, 4) is 0 Å². The predicted octanol–water partition coefficient (Wildman–Crippen LogP) is -2.86. The Morgan fingerprint density at radius 1 is 0.704 bits per heavy atom. The molecule has 2 unspecified atom stereocenters. The van der Waals surface area contributed by atoms with Crippen LogP contribution in [0.1, 0.15) is 0 Å². The topological polar surface area (TPSA) is 168 Å². The highest BCUT2D eigenvalue weighted by Gasteiger charge is 2.30. The maximum absolute atomic E-state index is 12.3. The van der Waals surface area contributed by atoms with Crippen LogP contribution in [0.15, 0.2) is 0 Å². The number of hydrogen-bond donors (Lipinski definition) is 9. The van der Waals surface area contributed by atoms with Crippen molar-refractivity contribution in [3.63, 3.8) is 0 Å². The average molecular weight is 459 g/mol. The molecule has 3 amide bonds. The van der Waals surface area contributed by atoms with Crippen LogP contribution in [0.4, 0.5) is 0 Å². The zero-order valence-corrected chi connectivity index (χ0v) is 17.6. The molecule has 0 spiro atoms. The molecule has 0 radical (unpaired) electrons. The van der Waals surface area contributed by atoms with E-state index < -0.39 is 53.6 Å². The number of carboxylic acids is 1. The molecule has 0 aliphatic carbocycles. The zero-order valence-electron chi connectivity index (χ0n) is 14.0. The van der Waals surface area contributed by atoms with Crippen LogP contribution >= 0.6 is 50.5 Å². The van der Waals surface area contributed by atoms with Crippen LogP contribution in [0.5, 0.6) is 0 Å². The third-order valence-electron chi connectivity index (χ3n) is 3.19. The van der Waals surface area contributed by atoms with Crippen molar-refractivity contribution < 1.29 is 29.1 Å². The maximum Gasteiger partial charge on any atom is 0.374 e. The van der Waals surface area contributed by atoms with Gasteiger partial charge in [-0.05, 0) is 0 Å². The summed E-state index contributed by atoms with van der Waals surface area (Å²) in [5.74, 6) is -5.56. The monoisotopic (exact) mass is 458 g/mol. The number of carbonyl (C=O) groups excluding carboxylic acids is 4. The smallest absolute Gasteiger partial charge is 0.374 e. The van der Waals surface area contributed by atoms with E-state index in [9.17, 15) is 24.0 Å². The lowest BCUT2D eigenvalue weighted by molar-refractivity contribution is -0.150. The summed E-state index contributed by atoms with van der Waals surface area (Å²) in [6, 6.07) is -4.57. The van der Waals surface area contributed by atoms with Gasteiger partial charge in [-0.25, -0.2) is 4.79 Å². The third-order valence-corrected chi connectivity index (χ3v) is 4.68. The van der Waals surface area contributed by atoms with E-state index in [2.05, 4.69) is 66.5 Å². The van der Waals surface area contributed by atoms with E-state index in [0.29, 0.717) is 0 Å². The summed E-state index contributed by atoms with van der Waals surface area (Å²) in [6.07, 6.45) is 0. The van der Waals surface area contributed by atoms with Crippen LogP contribution < -0.4 is 21.7 Å². The second kappa shape index (κ2) is 13.1. The van der Waals surface area contributed by atoms with Gasteiger partial charge in [-0.1, -0.05) is 0 Å². The number of thiol groups is 4. The minimum atomic E-state index is -1.72. The van der Waals surface area contributed by atoms with E-state index in [4.69, 9.17) is 10.8 Å². The average Bonchev–Trinajstić information content (AvgIpc) is 2.65. The summed E-state index contributed by atoms with van der Waals surface area (Å²) in [5.41, 5.74) is 5.51. The van der Waals surface area contributed by atoms with E-state index >= 15 is 0 Å². The van der Waals surface area contributed by atoms with Gasteiger partial charge in [0.05, 0.1) is 6.04 Å². The molecule has 10 nitrogen and oxygen atoms in total. The van der Waals surface area contributed by atoms with Gasteiger partial charge < -0.3 is 26.8 Å². The molecule has 0 rings (SSSR count). The van der Waals surface area contributed by atoms with Gasteiger partial charge in [0, 0.05) is 23.0 Å². The molecule has 0 aromatic rings. The highest BCUT2D eigenvalue weighted by Crippen LogP contribution is 1.98. The standard InChI is InChI=1S/C13H22N4O6S4/c14-5(1-24)10(19)16-7(3-26)12(21)17-8(4-27)11(20)15-6(2-25)9(18)13(22)23/h5-8,24-27H,1-4,14H2,(H,15,20)(H,16,19)(H,17,21)(H,22,23)/t5-,6-,7?,8?/m0/s1. The van der Waals surface area contributed by atoms with Crippen LogP contribution in [0.2, 0.25) is 0 Å². The van der Waals surface area contributed by atoms with E-state index in [0.717, 1.165) is 0 Å². The second-order valence-corrected chi connectivity index (χ2v) is 6.65. The molecule has 0 heterocycles. The Balaban J connectivity index is 4.99. The lowest BCUT2D eigenvalue weighted by Crippen LogP contribution is -2.58. The number of Topliss-reactive ketones (excluding diaryl/α,β-unsaturated/α-hetero) is 1. The van der Waals surface area contributed by atoms with Crippen molar-refractivity contribution in [2.75, 3.05) is 23.0 Å². The van der Waals surface area contributed by atoms with Gasteiger partial charge in [-0.15, -0.1) is 0 Å². The first-order valence-corrected chi connectivity index (χ1v) is 10.0. The lowest BCUT2D eigenvalue weighted by Gasteiger charge is -2.23. The Hall–Kier alpha value is -1.09. The van der Waals surface area contributed by atoms with Crippen molar-refractivity contribution in [2.24, 2.45) is 5.73 Å². The molecule has 0 fully saturated rings. The fraction of sp³-hybridized carbons (Fsp3) is 0.615. The Morgan fingerprint density at radius 2 is 1.07 bits per heavy atom. The highest BCUT2D eigenvalue weighted by molar-refractivity contribution is 7.80. The molecule has 4 atom stereocenters. The van der Waals surface area contributed by atoms with Gasteiger partial charge >= 0.3 is 5.97 Å². The molecule has 0 aromatic carbocycles. The number of nitrogens with one attached hydrogen (secondary N) is 3. The number of carbonyl (C=O) groups is 5. The molecule has 6 N–H and O–H groups in total. The first-order valence-electron chi connectivity index (χ1n) is 7.50. The van der Waals surface area contributed by atoms with Crippen molar-refractivity contribution in [2.45, 2.75) is 24.2 Å². The molecule has 0 aliphatic heterocycles. The Morgan fingerprint density at radius 3 is 1.41 bits per heavy atom. The van der Waals surface area contributed by atoms with Crippen LogP contribution in [-0.2, 0) is 24.0 Å². The largest absolute Gasteiger partial charge is 0.475 e. The van der Waals surface area contributed by atoms with Crippen LogP contribution in [0, 0.1) is 0 Å². The van der Waals surface area contributed by atoms with Gasteiger partial charge in [-0.2, -0.15) is 50.5 Å². The fourth-order valence-corrected chi connectivity index (χ4v) is 2.57. The van der Waals surface area contributed by atoms with Gasteiger partial charge in [0.15, 0.2) is 0 Å². The number of carboxylic acid groups (broad SMARTS) is 1. The first kappa shape index (κ1) is 25.9. The summed E-state index contributed by atoms with van der Waals surface area (Å²) in [4.78, 5) is 58.4. The summed E-state index contributed by atoms with van der Waals surface area (Å²) >= 11 is 15.6. The van der Waals surface area contributed by atoms with Crippen LogP contribution in [0.25, 0.3) is 0 Å². The van der Waals surface area contributed by atoms with Gasteiger partial charge in [0.1, 0.15) is 18.1 Å². The molecular formula is C13H22N4O6S4. The van der Waals surface area contributed by atoms with Crippen LogP contribution in [0.3, 0.4) is 0 Å². The molecule has 0 aromatic heterocycles. The van der Waals surface area contributed by atoms with Crippen molar-refractivity contribution in [1.29, 1.82) is 0 Å². The summed E-state index contributed by atoms with van der Waals surface area (Å²) in [7, 11) is 0. The molecule has 0 saturated heterocycles. The molecule has 27 heavy (non-hydrogen) atoms. The third kappa shape index (κ3) is 8.64. The molecule has 0 saturated carbocycles. The van der Waals surface area contributed by atoms with E-state index in [-0.39, 0.29) is 23.0 Å². The SMILES string of the molecule is N[C@@H](CS)C(=O)NC(CS)C(=O)NC(CS)C(=O)N[C@@H](CS)C(=O)C(=O)O. The Kier molecular flexibility index (Phi) is 12.6. The lowest BCUT2D eigenvalue weighted by atomic mass is 10.2. The minimum absolute atomic E-state index is 0.0666. The number of ketones is 1. The number of rotatable bonds is 12. The van der Waals surface area contributed by atoms with Gasteiger partial charge in [-0.3, -0.25) is 19.2 Å².